The van der Waals surface area contributed by atoms with Crippen LogP contribution in [0.3, 0.4) is 0 Å². The lowest BCUT2D eigenvalue weighted by Gasteiger charge is -2.44. The van der Waals surface area contributed by atoms with Crippen LogP contribution in [0.25, 0.3) is 11.0 Å². The van der Waals surface area contributed by atoms with Crippen LogP contribution in [-0.2, 0) is 30.3 Å². The molecular formula is C56H48O14. The molecule has 0 N–H and O–H groups in total. The van der Waals surface area contributed by atoms with E-state index in [-0.39, 0.29) is 58.3 Å². The molecular weight excluding hydrogens is 897 g/mol. The van der Waals surface area contributed by atoms with Gasteiger partial charge in [-0.1, -0.05) is 122 Å². The molecule has 5 atom stereocenters. The molecule has 1 aliphatic rings. The number of hydrogen-bond donors (Lipinski definition) is 0. The summed E-state index contributed by atoms with van der Waals surface area (Å²) in [6, 6.07) is 46.2. The van der Waals surface area contributed by atoms with E-state index < -0.39 is 66.8 Å². The van der Waals surface area contributed by atoms with Crippen molar-refractivity contribution < 1.29 is 61.5 Å². The predicted octanol–water partition coefficient (Wildman–Crippen LogP) is 9.74. The highest BCUT2D eigenvalue weighted by Gasteiger charge is 2.54. The van der Waals surface area contributed by atoms with Gasteiger partial charge in [-0.2, -0.15) is 0 Å². The Morgan fingerprint density at radius 3 is 1.63 bits per heavy atom. The van der Waals surface area contributed by atoms with E-state index >= 15 is 0 Å². The Morgan fingerprint density at radius 1 is 0.557 bits per heavy atom. The summed E-state index contributed by atoms with van der Waals surface area (Å²) in [4.78, 5) is 69.2. The van der Waals surface area contributed by atoms with Gasteiger partial charge in [-0.25, -0.2) is 24.0 Å². The largest absolute Gasteiger partial charge is 0.484 e. The number of ether oxygens (including phenoxy) is 8. The minimum atomic E-state index is -1.68. The lowest BCUT2D eigenvalue weighted by molar-refractivity contribution is -0.275. The smallest absolute Gasteiger partial charge is 0.383 e. The van der Waals surface area contributed by atoms with Gasteiger partial charge in [0, 0.05) is 6.07 Å². The summed E-state index contributed by atoms with van der Waals surface area (Å²) in [5.74, 6) is -3.27. The van der Waals surface area contributed by atoms with Crippen molar-refractivity contribution in [2.24, 2.45) is 0 Å². The second kappa shape index (κ2) is 23.5. The van der Waals surface area contributed by atoms with Gasteiger partial charge in [-0.15, -0.1) is 0 Å². The first kappa shape index (κ1) is 48.0. The third-order valence-corrected chi connectivity index (χ3v) is 10.9. The molecule has 0 amide bonds. The molecule has 8 rings (SSSR count). The molecule has 1 saturated heterocycles. The van der Waals surface area contributed by atoms with E-state index in [2.05, 4.69) is 0 Å². The van der Waals surface area contributed by atoms with Crippen LogP contribution < -0.4 is 19.8 Å². The lowest BCUT2D eigenvalue weighted by Crippen LogP contribution is -2.63. The zero-order valence-corrected chi connectivity index (χ0v) is 38.0. The van der Waals surface area contributed by atoms with Gasteiger partial charge in [0.25, 0.3) is 0 Å². The fraction of sp³-hybridized carbons (Fsp3) is 0.196. The standard InChI is InChI=1S/C56H48O14/c1-2-3-4-20-33-62-49-46(63-35-37-21-10-5-11-22-37)43-32-31-42(34-44(43)66-55(49)61)65-56-50(70-54(60)41-29-18-9-19-30-41)48(69-53(59)40-27-16-8-17-28-40)47(68-52(58)39-25-14-7-15-26-39)45(67-56)36-64-51(57)38-23-12-6-13-24-38/h3-19,21-32,34,45,47-48,50,56H,2,20,33,35-36H2,1H3/t45-,47-,48+,50-,56-/m1/s1. The van der Waals surface area contributed by atoms with Crippen LogP contribution in [0.4, 0.5) is 0 Å². The van der Waals surface area contributed by atoms with Crippen molar-refractivity contribution in [3.63, 3.8) is 0 Å². The highest BCUT2D eigenvalue weighted by molar-refractivity contribution is 5.92. The Kier molecular flexibility index (Phi) is 16.1. The van der Waals surface area contributed by atoms with Crippen molar-refractivity contribution in [3.8, 4) is 17.2 Å². The van der Waals surface area contributed by atoms with Crippen molar-refractivity contribution >= 4 is 34.8 Å². The first-order valence-electron chi connectivity index (χ1n) is 22.6. The average Bonchev–Trinajstić information content (AvgIpc) is 3.40. The number of allylic oxidation sites excluding steroid dienone is 1. The minimum absolute atomic E-state index is 0.0293. The molecule has 1 aliphatic heterocycles. The van der Waals surface area contributed by atoms with Crippen LogP contribution in [-0.4, -0.2) is 67.8 Å². The van der Waals surface area contributed by atoms with Crippen molar-refractivity contribution in [2.75, 3.05) is 13.2 Å². The van der Waals surface area contributed by atoms with Gasteiger partial charge < -0.3 is 42.3 Å². The average molecular weight is 945 g/mol. The lowest BCUT2D eigenvalue weighted by atomic mass is 9.97. The molecule has 0 bridgehead atoms. The Labute approximate surface area is 402 Å². The van der Waals surface area contributed by atoms with Crippen molar-refractivity contribution in [1.29, 1.82) is 0 Å². The summed E-state index contributed by atoms with van der Waals surface area (Å²) in [5.41, 5.74) is 0.664. The second-order valence-corrected chi connectivity index (χ2v) is 15.8. The molecule has 7 aromatic rings. The molecule has 2 heterocycles. The Balaban J connectivity index is 1.20. The molecule has 14 heteroatoms. The zero-order chi connectivity index (χ0) is 48.7. The van der Waals surface area contributed by atoms with Crippen LogP contribution in [0.15, 0.2) is 191 Å². The zero-order valence-electron chi connectivity index (χ0n) is 38.0. The number of rotatable bonds is 19. The maximum atomic E-state index is 14.1. The highest BCUT2D eigenvalue weighted by Crippen LogP contribution is 2.37. The predicted molar refractivity (Wildman–Crippen MR) is 256 cm³/mol. The Morgan fingerprint density at radius 2 is 1.07 bits per heavy atom. The summed E-state index contributed by atoms with van der Waals surface area (Å²) in [6.45, 7) is 1.73. The maximum absolute atomic E-state index is 14.1. The summed E-state index contributed by atoms with van der Waals surface area (Å²) < 4.78 is 55.4. The van der Waals surface area contributed by atoms with Gasteiger partial charge >= 0.3 is 29.5 Å². The maximum Gasteiger partial charge on any atom is 0.383 e. The minimum Gasteiger partial charge on any atom is -0.484 e. The van der Waals surface area contributed by atoms with E-state index in [0.29, 0.717) is 11.8 Å². The molecule has 1 fully saturated rings. The van der Waals surface area contributed by atoms with E-state index in [4.69, 9.17) is 42.3 Å². The van der Waals surface area contributed by atoms with Gasteiger partial charge in [0.2, 0.25) is 18.1 Å². The van der Waals surface area contributed by atoms with Gasteiger partial charge in [-0.05, 0) is 79.1 Å². The van der Waals surface area contributed by atoms with Gasteiger partial charge in [0.05, 0.1) is 34.2 Å². The molecule has 0 spiro atoms. The first-order valence-corrected chi connectivity index (χ1v) is 22.6. The van der Waals surface area contributed by atoms with Gasteiger partial charge in [0.1, 0.15) is 30.7 Å². The molecule has 0 aliphatic carbocycles. The molecule has 356 valence electrons. The van der Waals surface area contributed by atoms with Crippen molar-refractivity contribution in [3.05, 3.63) is 220 Å². The third kappa shape index (κ3) is 12.1. The van der Waals surface area contributed by atoms with Crippen LogP contribution in [0, 0.1) is 0 Å². The van der Waals surface area contributed by atoms with E-state index in [9.17, 15) is 24.0 Å². The van der Waals surface area contributed by atoms with Gasteiger partial charge in [0.15, 0.2) is 18.0 Å². The number of benzene rings is 6. The van der Waals surface area contributed by atoms with Crippen LogP contribution in [0.2, 0.25) is 0 Å². The summed E-state index contributed by atoms with van der Waals surface area (Å²) >= 11 is 0. The topological polar surface area (TPSA) is 172 Å². The second-order valence-electron chi connectivity index (χ2n) is 15.8. The fourth-order valence-corrected chi connectivity index (χ4v) is 7.48. The van der Waals surface area contributed by atoms with Crippen LogP contribution in [0.1, 0.15) is 66.8 Å². The van der Waals surface area contributed by atoms with Crippen molar-refractivity contribution in [1.82, 2.24) is 0 Å². The monoisotopic (exact) mass is 944 g/mol. The quantitative estimate of drug-likeness (QED) is 0.0247. The molecule has 0 radical (unpaired) electrons. The van der Waals surface area contributed by atoms with Crippen LogP contribution >= 0.6 is 0 Å². The van der Waals surface area contributed by atoms with Crippen molar-refractivity contribution in [2.45, 2.75) is 57.1 Å². The number of carbonyl (C=O) groups is 4. The Hall–Kier alpha value is -8.49. The fourth-order valence-electron chi connectivity index (χ4n) is 7.48. The van der Waals surface area contributed by atoms with Gasteiger partial charge in [-0.3, -0.25) is 0 Å². The SMILES string of the molecule is CCC=CCCOc1c(OCc2ccccc2)c2ccc(O[C@@H]3O[C@H](COC(=O)c4ccccc4)[C@@H](OC(=O)c4ccccc4)[C@H](OC(=O)c4ccccc4)[C@H]3OC(=O)c3ccccc3)cc2oc1=O. The number of fused-ring (bicyclic) bond motifs is 1. The van der Waals surface area contributed by atoms with E-state index in [1.54, 1.807) is 97.1 Å². The molecule has 6 aromatic carbocycles. The normalized spacial score (nSPS) is 17.5. The Bertz CT molecular complexity index is 2940. The van der Waals surface area contributed by atoms with E-state index in [0.717, 1.165) is 12.0 Å². The van der Waals surface area contributed by atoms with E-state index in [1.807, 2.05) is 49.4 Å². The van der Waals surface area contributed by atoms with Crippen LogP contribution in [0.5, 0.6) is 17.2 Å². The third-order valence-electron chi connectivity index (χ3n) is 10.9. The molecule has 0 saturated carbocycles. The summed E-state index contributed by atoms with van der Waals surface area (Å²) in [7, 11) is 0. The molecule has 14 nitrogen and oxygen atoms in total. The number of hydrogen-bond acceptors (Lipinski definition) is 14. The summed E-state index contributed by atoms with van der Waals surface area (Å²) in [6.07, 6.45) is -2.71. The number of esters is 4. The van der Waals surface area contributed by atoms with E-state index in [1.165, 1.54) is 42.5 Å². The summed E-state index contributed by atoms with van der Waals surface area (Å²) in [5, 5.41) is 0.367. The molecule has 70 heavy (non-hydrogen) atoms. The first-order chi connectivity index (χ1) is 34.2. The molecule has 1 aromatic heterocycles. The number of carbonyl (C=O) groups excluding carboxylic acids is 4. The molecule has 0 unspecified atom stereocenters. The highest BCUT2D eigenvalue weighted by atomic mass is 16.7.